The van der Waals surface area contributed by atoms with Crippen LogP contribution in [-0.4, -0.2) is 101 Å². The summed E-state index contributed by atoms with van der Waals surface area (Å²) in [6.45, 7) is 2.41. The summed E-state index contributed by atoms with van der Waals surface area (Å²) < 4.78 is 54.5. The molecule has 0 fully saturated rings. The topological polar surface area (TPSA) is 161 Å². The number of hydrogen-bond acceptors (Lipinski definition) is 14. The van der Waals surface area contributed by atoms with Crippen molar-refractivity contribution < 1.29 is 66.5 Å². The van der Waals surface area contributed by atoms with Crippen LogP contribution in [-0.2, 0) is 47.7 Å². The summed E-state index contributed by atoms with van der Waals surface area (Å²) in [4.78, 5) is 51.4. The molecule has 0 saturated heterocycles. The number of ether oxygens (including phenoxy) is 10. The zero-order valence-electron chi connectivity index (χ0n) is 33.7. The number of rotatable bonds is 19. The Hall–Kier alpha value is -6.12. The molecule has 0 atom stereocenters. The van der Waals surface area contributed by atoms with E-state index in [4.69, 9.17) is 47.4 Å². The van der Waals surface area contributed by atoms with Crippen molar-refractivity contribution in [1.29, 1.82) is 0 Å². The average molecular weight is 789 g/mol. The van der Waals surface area contributed by atoms with E-state index in [1.54, 1.807) is 61.7 Å². The van der Waals surface area contributed by atoms with E-state index in [1.165, 1.54) is 49.8 Å². The molecule has 4 aromatic rings. The summed E-state index contributed by atoms with van der Waals surface area (Å²) in [6, 6.07) is 14.8. The Morgan fingerprint density at radius 3 is 1.26 bits per heavy atom. The van der Waals surface area contributed by atoms with Crippen molar-refractivity contribution in [2.45, 2.75) is 26.2 Å². The van der Waals surface area contributed by atoms with Crippen LogP contribution in [0.25, 0.3) is 0 Å². The van der Waals surface area contributed by atoms with E-state index in [2.05, 4.69) is 0 Å². The highest BCUT2D eigenvalue weighted by molar-refractivity contribution is 5.92. The molecule has 0 radical (unpaired) electrons. The molecule has 4 aromatic carbocycles. The maximum absolute atomic E-state index is 13.1. The molecule has 57 heavy (non-hydrogen) atoms. The van der Waals surface area contributed by atoms with Crippen LogP contribution in [0, 0.1) is 6.92 Å². The molecule has 0 aliphatic heterocycles. The second kappa shape index (κ2) is 20.7. The van der Waals surface area contributed by atoms with Crippen molar-refractivity contribution in [3.8, 4) is 23.0 Å². The molecule has 0 aliphatic carbocycles. The van der Waals surface area contributed by atoms with Gasteiger partial charge < -0.3 is 47.4 Å². The lowest BCUT2D eigenvalue weighted by Gasteiger charge is -2.20. The number of benzene rings is 4. The molecule has 0 bridgehead atoms. The Bertz CT molecular complexity index is 2090. The number of carbonyl (C=O) groups excluding carboxylic acids is 4. The van der Waals surface area contributed by atoms with E-state index < -0.39 is 23.9 Å². The minimum Gasteiger partial charge on any atom is -0.496 e. The SMILES string of the molecule is COCCOCOc1ccc(C(=O)OC)cc1Cc1cc(C(=O)OC)cc(Cc2cc(C(=O)OC)cc(Cc3cc(C(=O)OC)cc(C)c3OC)c2OC)c1OC. The third-order valence-electron chi connectivity index (χ3n) is 9.07. The van der Waals surface area contributed by atoms with Crippen LogP contribution in [0.15, 0.2) is 54.6 Å². The largest absolute Gasteiger partial charge is 0.496 e. The molecular formula is C43H48O14. The highest BCUT2D eigenvalue weighted by Crippen LogP contribution is 2.38. The first-order valence-corrected chi connectivity index (χ1v) is 17.7. The number of aryl methyl sites for hydroxylation is 1. The van der Waals surface area contributed by atoms with Crippen LogP contribution < -0.4 is 18.9 Å². The quantitative estimate of drug-likeness (QED) is 0.0475. The van der Waals surface area contributed by atoms with Crippen LogP contribution in [0.5, 0.6) is 23.0 Å². The summed E-state index contributed by atoms with van der Waals surface area (Å²) in [5.41, 5.74) is 5.27. The molecule has 0 spiro atoms. The van der Waals surface area contributed by atoms with Gasteiger partial charge in [0.05, 0.1) is 85.2 Å². The number of hydrogen-bond donors (Lipinski definition) is 0. The van der Waals surface area contributed by atoms with Crippen molar-refractivity contribution in [2.75, 3.05) is 76.9 Å². The van der Waals surface area contributed by atoms with E-state index in [0.29, 0.717) is 80.7 Å². The van der Waals surface area contributed by atoms with Gasteiger partial charge in [-0.15, -0.1) is 0 Å². The van der Waals surface area contributed by atoms with Gasteiger partial charge in [0.25, 0.3) is 0 Å². The van der Waals surface area contributed by atoms with E-state index in [1.807, 2.05) is 6.92 Å². The molecule has 14 nitrogen and oxygen atoms in total. The monoisotopic (exact) mass is 788 g/mol. The molecule has 0 aliphatic rings. The Kier molecular flexibility index (Phi) is 15.8. The van der Waals surface area contributed by atoms with Crippen molar-refractivity contribution in [3.63, 3.8) is 0 Å². The number of methoxy groups -OCH3 is 8. The van der Waals surface area contributed by atoms with Crippen LogP contribution in [0.4, 0.5) is 0 Å². The highest BCUT2D eigenvalue weighted by atomic mass is 16.7. The second-order valence-electron chi connectivity index (χ2n) is 12.6. The van der Waals surface area contributed by atoms with Gasteiger partial charge in [0.1, 0.15) is 23.0 Å². The molecule has 0 unspecified atom stereocenters. The highest BCUT2D eigenvalue weighted by Gasteiger charge is 2.24. The Morgan fingerprint density at radius 2 is 0.842 bits per heavy atom. The maximum atomic E-state index is 13.1. The van der Waals surface area contributed by atoms with Gasteiger partial charge in [-0.3, -0.25) is 0 Å². The second-order valence-corrected chi connectivity index (χ2v) is 12.6. The number of carbonyl (C=O) groups is 4. The van der Waals surface area contributed by atoms with Gasteiger partial charge in [-0.25, -0.2) is 19.2 Å². The lowest BCUT2D eigenvalue weighted by Crippen LogP contribution is -2.11. The Morgan fingerprint density at radius 1 is 0.456 bits per heavy atom. The molecule has 14 heteroatoms. The van der Waals surface area contributed by atoms with Gasteiger partial charge in [-0.2, -0.15) is 0 Å². The van der Waals surface area contributed by atoms with E-state index in [0.717, 1.165) is 0 Å². The standard InChI is InChI=1S/C43H48O14/c1-25-14-33(41(45)53-7)19-28(37(25)49-3)17-30-21-35(43(47)55-9)23-32(39(30)51-5)18-31-22-34(42(46)54-8)20-29(38(31)50-4)16-27-15-26(40(44)52-6)10-11-36(27)57-24-56-13-12-48-2/h10-11,14-15,19-23H,12-13,16-18,24H2,1-9H3. The first kappa shape index (κ1) is 43.6. The summed E-state index contributed by atoms with van der Waals surface area (Å²) >= 11 is 0. The van der Waals surface area contributed by atoms with Gasteiger partial charge in [0.15, 0.2) is 6.79 Å². The normalized spacial score (nSPS) is 10.7. The third kappa shape index (κ3) is 10.6. The van der Waals surface area contributed by atoms with Crippen molar-refractivity contribution in [1.82, 2.24) is 0 Å². The fraction of sp³-hybridized carbons (Fsp3) is 0.349. The minimum absolute atomic E-state index is 0.0877. The number of esters is 4. The molecule has 0 amide bonds. The summed E-state index contributed by atoms with van der Waals surface area (Å²) in [5.74, 6) is -0.427. The van der Waals surface area contributed by atoms with Crippen molar-refractivity contribution in [2.24, 2.45) is 0 Å². The fourth-order valence-corrected chi connectivity index (χ4v) is 6.56. The zero-order chi connectivity index (χ0) is 41.6. The van der Waals surface area contributed by atoms with E-state index >= 15 is 0 Å². The Balaban J connectivity index is 1.90. The fourth-order valence-electron chi connectivity index (χ4n) is 6.56. The van der Waals surface area contributed by atoms with Crippen LogP contribution in [0.1, 0.15) is 80.4 Å². The van der Waals surface area contributed by atoms with Gasteiger partial charge in [0, 0.05) is 26.4 Å². The lowest BCUT2D eigenvalue weighted by molar-refractivity contribution is -0.00883. The van der Waals surface area contributed by atoms with Gasteiger partial charge in [0.2, 0.25) is 0 Å². The summed E-state index contributed by atoms with van der Waals surface area (Å²) in [5, 5.41) is 0. The third-order valence-corrected chi connectivity index (χ3v) is 9.07. The smallest absolute Gasteiger partial charge is 0.337 e. The minimum atomic E-state index is -0.601. The van der Waals surface area contributed by atoms with E-state index in [9.17, 15) is 19.2 Å². The van der Waals surface area contributed by atoms with E-state index in [-0.39, 0.29) is 42.7 Å². The maximum Gasteiger partial charge on any atom is 0.337 e. The summed E-state index contributed by atoms with van der Waals surface area (Å²) in [7, 11) is 11.3. The van der Waals surface area contributed by atoms with Gasteiger partial charge in [-0.05, 0) is 100 Å². The first-order chi connectivity index (χ1) is 27.5. The predicted octanol–water partition coefficient (Wildman–Crippen LogP) is 5.94. The zero-order valence-corrected chi connectivity index (χ0v) is 33.7. The molecule has 0 heterocycles. The van der Waals surface area contributed by atoms with Crippen molar-refractivity contribution >= 4 is 23.9 Å². The molecule has 0 aromatic heterocycles. The lowest BCUT2D eigenvalue weighted by atomic mass is 9.90. The first-order valence-electron chi connectivity index (χ1n) is 17.7. The van der Waals surface area contributed by atoms with Crippen LogP contribution in [0.3, 0.4) is 0 Å². The average Bonchev–Trinajstić information content (AvgIpc) is 3.22. The van der Waals surface area contributed by atoms with Crippen LogP contribution in [0.2, 0.25) is 0 Å². The molecule has 0 N–H and O–H groups in total. The molecule has 304 valence electrons. The molecule has 4 rings (SSSR count). The van der Waals surface area contributed by atoms with Crippen LogP contribution >= 0.6 is 0 Å². The van der Waals surface area contributed by atoms with Gasteiger partial charge >= 0.3 is 23.9 Å². The Labute approximate surface area is 331 Å². The molecule has 0 saturated carbocycles. The van der Waals surface area contributed by atoms with Crippen molar-refractivity contribution in [3.05, 3.63) is 116 Å². The predicted molar refractivity (Wildman–Crippen MR) is 207 cm³/mol. The summed E-state index contributed by atoms with van der Waals surface area (Å²) in [6.07, 6.45) is 0.438. The molecular weight excluding hydrogens is 740 g/mol. The van der Waals surface area contributed by atoms with Gasteiger partial charge in [-0.1, -0.05) is 0 Å².